The first kappa shape index (κ1) is 24.6. The second kappa shape index (κ2) is 10.9. The van der Waals surface area contributed by atoms with Crippen LogP contribution in [-0.4, -0.2) is 44.4 Å². The van der Waals surface area contributed by atoms with E-state index < -0.39 is 17.9 Å². The van der Waals surface area contributed by atoms with Crippen molar-refractivity contribution >= 4 is 22.8 Å². The zero-order chi connectivity index (χ0) is 25.7. The number of nitrogens with one attached hydrogen (secondary N) is 1. The average Bonchev–Trinajstić information content (AvgIpc) is 3.37. The molecule has 0 saturated heterocycles. The van der Waals surface area contributed by atoms with Crippen molar-refractivity contribution in [2.45, 2.75) is 39.2 Å². The topological polar surface area (TPSA) is 137 Å². The standard InChI is InChI=1S/C26H26N4O6/c1-3-8-20(26(33)34)28-23(31)14-36-21-12-22-18(11-16(21)4-2)24(32)19(13-35-22)25-29-27-15-30(25)17-9-6-5-7-10-17/h5-7,9-13,15,20H,3-4,8,14H2,1-2H3,(H,28,31)(H,33,34). The molecular weight excluding hydrogens is 464 g/mol. The number of hydrogen-bond donors (Lipinski definition) is 2. The summed E-state index contributed by atoms with van der Waals surface area (Å²) < 4.78 is 13.2. The molecule has 10 nitrogen and oxygen atoms in total. The van der Waals surface area contributed by atoms with E-state index in [1.165, 1.54) is 12.6 Å². The van der Waals surface area contributed by atoms with Crippen molar-refractivity contribution in [2.24, 2.45) is 0 Å². The molecule has 0 fully saturated rings. The van der Waals surface area contributed by atoms with Crippen LogP contribution in [0.4, 0.5) is 0 Å². The number of aryl methyl sites for hydroxylation is 1. The van der Waals surface area contributed by atoms with Gasteiger partial charge in [-0.2, -0.15) is 0 Å². The first-order valence-corrected chi connectivity index (χ1v) is 11.6. The van der Waals surface area contributed by atoms with Gasteiger partial charge in [-0.25, -0.2) is 4.79 Å². The molecule has 4 aromatic rings. The lowest BCUT2D eigenvalue weighted by Crippen LogP contribution is -2.42. The first-order chi connectivity index (χ1) is 17.4. The number of carboxylic acid groups (broad SMARTS) is 1. The van der Waals surface area contributed by atoms with Crippen molar-refractivity contribution < 1.29 is 23.8 Å². The third kappa shape index (κ3) is 5.12. The molecule has 0 aliphatic heterocycles. The Bertz CT molecular complexity index is 1440. The average molecular weight is 491 g/mol. The zero-order valence-electron chi connectivity index (χ0n) is 19.9. The Morgan fingerprint density at radius 1 is 1.19 bits per heavy atom. The van der Waals surface area contributed by atoms with Crippen LogP contribution in [0.25, 0.3) is 28.0 Å². The molecule has 36 heavy (non-hydrogen) atoms. The Balaban J connectivity index is 1.62. The van der Waals surface area contributed by atoms with Crippen LogP contribution in [0.5, 0.6) is 5.75 Å². The number of aromatic nitrogens is 3. The largest absolute Gasteiger partial charge is 0.483 e. The number of rotatable bonds is 10. The lowest BCUT2D eigenvalue weighted by molar-refractivity contribution is -0.142. The van der Waals surface area contributed by atoms with Gasteiger partial charge in [-0.3, -0.25) is 14.2 Å². The highest BCUT2D eigenvalue weighted by molar-refractivity contribution is 5.85. The van der Waals surface area contributed by atoms with Gasteiger partial charge in [0.1, 0.15) is 35.5 Å². The first-order valence-electron chi connectivity index (χ1n) is 11.6. The highest BCUT2D eigenvalue weighted by atomic mass is 16.5. The number of aliphatic carboxylic acids is 1. The Morgan fingerprint density at radius 3 is 2.67 bits per heavy atom. The maximum absolute atomic E-state index is 13.4. The van der Waals surface area contributed by atoms with E-state index >= 15 is 0 Å². The van der Waals surface area contributed by atoms with E-state index in [0.29, 0.717) is 41.8 Å². The van der Waals surface area contributed by atoms with Crippen LogP contribution >= 0.6 is 0 Å². The summed E-state index contributed by atoms with van der Waals surface area (Å²) >= 11 is 0. The van der Waals surface area contributed by atoms with Crippen LogP contribution in [0.1, 0.15) is 32.3 Å². The molecular formula is C26H26N4O6. The molecule has 2 aromatic carbocycles. The van der Waals surface area contributed by atoms with Gasteiger partial charge in [-0.05, 0) is 36.6 Å². The Kier molecular flexibility index (Phi) is 7.43. The van der Waals surface area contributed by atoms with Gasteiger partial charge >= 0.3 is 5.97 Å². The molecule has 0 bridgehead atoms. The molecule has 0 radical (unpaired) electrons. The number of fused-ring (bicyclic) bond motifs is 1. The second-order valence-electron chi connectivity index (χ2n) is 8.18. The SMILES string of the molecule is CCCC(NC(=O)COc1cc2occ(-c3nncn3-c3ccccc3)c(=O)c2cc1CC)C(=O)O. The molecule has 0 aliphatic carbocycles. The number of hydrogen-bond acceptors (Lipinski definition) is 7. The van der Waals surface area contributed by atoms with Crippen molar-refractivity contribution in [3.05, 3.63) is 70.8 Å². The van der Waals surface area contributed by atoms with Crippen LogP contribution in [0.2, 0.25) is 0 Å². The minimum atomic E-state index is -1.09. The van der Waals surface area contributed by atoms with Crippen molar-refractivity contribution in [2.75, 3.05) is 6.61 Å². The third-order valence-electron chi connectivity index (χ3n) is 5.73. The number of nitrogens with zero attached hydrogens (tertiary/aromatic N) is 3. The number of carbonyl (C=O) groups is 2. The Morgan fingerprint density at radius 2 is 1.97 bits per heavy atom. The van der Waals surface area contributed by atoms with E-state index in [-0.39, 0.29) is 23.2 Å². The van der Waals surface area contributed by atoms with Crippen molar-refractivity contribution in [1.29, 1.82) is 0 Å². The molecule has 2 N–H and O–H groups in total. The van der Waals surface area contributed by atoms with E-state index in [1.54, 1.807) is 16.7 Å². The summed E-state index contributed by atoms with van der Waals surface area (Å²) in [5, 5.41) is 20.1. The molecule has 1 atom stereocenters. The van der Waals surface area contributed by atoms with E-state index in [1.807, 2.05) is 44.2 Å². The number of carbonyl (C=O) groups excluding carboxylic acids is 1. The summed E-state index contributed by atoms with van der Waals surface area (Å²) in [7, 11) is 0. The molecule has 186 valence electrons. The van der Waals surface area contributed by atoms with Gasteiger partial charge in [0, 0.05) is 11.8 Å². The highest BCUT2D eigenvalue weighted by Gasteiger charge is 2.20. The van der Waals surface area contributed by atoms with E-state index in [0.717, 1.165) is 5.69 Å². The fourth-order valence-corrected chi connectivity index (χ4v) is 3.89. The van der Waals surface area contributed by atoms with Gasteiger partial charge < -0.3 is 19.6 Å². The van der Waals surface area contributed by atoms with Crippen LogP contribution in [0.3, 0.4) is 0 Å². The summed E-state index contributed by atoms with van der Waals surface area (Å²) in [6.07, 6.45) is 4.33. The smallest absolute Gasteiger partial charge is 0.326 e. The lowest BCUT2D eigenvalue weighted by Gasteiger charge is -2.15. The summed E-state index contributed by atoms with van der Waals surface area (Å²) in [6, 6.07) is 11.7. The zero-order valence-corrected chi connectivity index (χ0v) is 19.9. The Labute approximate surface area is 206 Å². The van der Waals surface area contributed by atoms with Gasteiger partial charge in [0.2, 0.25) is 5.43 Å². The number of benzene rings is 2. The van der Waals surface area contributed by atoms with Gasteiger partial charge in [0.25, 0.3) is 5.91 Å². The molecule has 2 heterocycles. The predicted octanol–water partition coefficient (Wildman–Crippen LogP) is 3.35. The van der Waals surface area contributed by atoms with Crippen LogP contribution in [-0.2, 0) is 16.0 Å². The number of para-hydroxylation sites is 1. The minimum absolute atomic E-state index is 0.259. The molecule has 2 aromatic heterocycles. The maximum Gasteiger partial charge on any atom is 0.326 e. The molecule has 0 spiro atoms. The summed E-state index contributed by atoms with van der Waals surface area (Å²) in [4.78, 5) is 36.9. The van der Waals surface area contributed by atoms with Gasteiger partial charge in [0.15, 0.2) is 12.4 Å². The lowest BCUT2D eigenvalue weighted by atomic mass is 10.1. The van der Waals surface area contributed by atoms with Crippen molar-refractivity contribution in [1.82, 2.24) is 20.1 Å². The predicted molar refractivity (Wildman–Crippen MR) is 132 cm³/mol. The summed E-state index contributed by atoms with van der Waals surface area (Å²) in [6.45, 7) is 3.37. The molecule has 0 aliphatic rings. The van der Waals surface area contributed by atoms with Gasteiger partial charge in [-0.1, -0.05) is 38.5 Å². The third-order valence-corrected chi connectivity index (χ3v) is 5.73. The van der Waals surface area contributed by atoms with Gasteiger partial charge in [0.05, 0.1) is 5.39 Å². The number of carboxylic acids is 1. The quantitative estimate of drug-likeness (QED) is 0.345. The number of amides is 1. The molecule has 1 amide bonds. The minimum Gasteiger partial charge on any atom is -0.483 e. The maximum atomic E-state index is 13.4. The van der Waals surface area contributed by atoms with E-state index in [2.05, 4.69) is 15.5 Å². The fourth-order valence-electron chi connectivity index (χ4n) is 3.89. The second-order valence-corrected chi connectivity index (χ2v) is 8.18. The molecule has 0 saturated carbocycles. The van der Waals surface area contributed by atoms with Gasteiger partial charge in [-0.15, -0.1) is 10.2 Å². The molecule has 1 unspecified atom stereocenters. The van der Waals surface area contributed by atoms with Crippen LogP contribution in [0.15, 0.2) is 64.3 Å². The highest BCUT2D eigenvalue weighted by Crippen LogP contribution is 2.27. The van der Waals surface area contributed by atoms with Crippen molar-refractivity contribution in [3.63, 3.8) is 0 Å². The normalized spacial score (nSPS) is 11.8. The molecule has 10 heteroatoms. The summed E-state index contributed by atoms with van der Waals surface area (Å²) in [5.74, 6) is -0.904. The number of ether oxygens (including phenoxy) is 1. The van der Waals surface area contributed by atoms with Crippen LogP contribution in [0, 0.1) is 0 Å². The van der Waals surface area contributed by atoms with Crippen LogP contribution < -0.4 is 15.5 Å². The fraction of sp³-hybridized carbons (Fsp3) is 0.269. The van der Waals surface area contributed by atoms with E-state index in [4.69, 9.17) is 9.15 Å². The monoisotopic (exact) mass is 490 g/mol. The van der Waals surface area contributed by atoms with E-state index in [9.17, 15) is 19.5 Å². The summed E-state index contributed by atoms with van der Waals surface area (Å²) in [5.41, 5.74) is 1.78. The van der Waals surface area contributed by atoms with Crippen molar-refractivity contribution in [3.8, 4) is 22.8 Å². The Hall–Kier alpha value is -4.47. The molecule has 4 rings (SSSR count).